The molecular weight excluding hydrogens is 250 g/mol. The van der Waals surface area contributed by atoms with Gasteiger partial charge in [0.25, 0.3) is 0 Å². The zero-order valence-electron chi connectivity index (χ0n) is 13.9. The number of urea groups is 1. The molecule has 118 valence electrons. The number of rotatable bonds is 5. The molecule has 2 amide bonds. The van der Waals surface area contributed by atoms with Gasteiger partial charge in [0.15, 0.2) is 0 Å². The molecule has 2 unspecified atom stereocenters. The summed E-state index contributed by atoms with van der Waals surface area (Å²) in [6.45, 7) is 13.9. The minimum Gasteiger partial charge on any atom is -0.351 e. The van der Waals surface area contributed by atoms with Gasteiger partial charge in [-0.05, 0) is 43.1 Å². The maximum Gasteiger partial charge on any atom is 0.314 e. The molecule has 0 aliphatic carbocycles. The van der Waals surface area contributed by atoms with Crippen LogP contribution in [0.25, 0.3) is 0 Å². The van der Waals surface area contributed by atoms with E-state index in [4.69, 9.17) is 5.73 Å². The Balaban J connectivity index is 2.54. The van der Waals surface area contributed by atoms with Crippen LogP contribution in [-0.2, 0) is 0 Å². The van der Waals surface area contributed by atoms with E-state index in [1.807, 2.05) is 4.90 Å². The van der Waals surface area contributed by atoms with Gasteiger partial charge in [0.2, 0.25) is 0 Å². The Kier molecular flexibility index (Phi) is 6.31. The van der Waals surface area contributed by atoms with E-state index >= 15 is 0 Å². The highest BCUT2D eigenvalue weighted by atomic mass is 16.2. The number of carbonyl (C=O) groups is 1. The van der Waals surface area contributed by atoms with E-state index < -0.39 is 0 Å². The van der Waals surface area contributed by atoms with Crippen LogP contribution in [0.5, 0.6) is 0 Å². The summed E-state index contributed by atoms with van der Waals surface area (Å²) in [7, 11) is 0. The average Bonchev–Trinajstić information content (AvgIpc) is 2.25. The van der Waals surface area contributed by atoms with Crippen molar-refractivity contribution >= 4 is 6.03 Å². The van der Waals surface area contributed by atoms with E-state index in [0.717, 1.165) is 32.5 Å². The number of amides is 2. The number of primary amides is 1. The van der Waals surface area contributed by atoms with Crippen molar-refractivity contribution in [3.8, 4) is 0 Å². The first kappa shape index (κ1) is 17.3. The third-order valence-electron chi connectivity index (χ3n) is 3.90. The highest BCUT2D eigenvalue weighted by Crippen LogP contribution is 2.30. The van der Waals surface area contributed by atoms with Crippen molar-refractivity contribution in [1.82, 2.24) is 10.2 Å². The number of nitrogens with two attached hydrogens (primary N) is 1. The smallest absolute Gasteiger partial charge is 0.314 e. The predicted octanol–water partition coefficient (Wildman–Crippen LogP) is 2.83. The molecule has 1 rings (SSSR count). The fraction of sp³-hybridized carbons (Fsp3) is 0.938. The maximum absolute atomic E-state index is 11.5. The molecule has 0 aromatic rings. The lowest BCUT2D eigenvalue weighted by molar-refractivity contribution is 0.130. The SMILES string of the molecule is CC(C)CCNC1CC(CC(C)(C)C)CN(C(N)=O)C1. The standard InChI is InChI=1S/C16H33N3O/c1-12(2)6-7-18-14-8-13(9-16(3,4)5)10-19(11-14)15(17)20/h12-14,18H,6-11H2,1-5H3,(H2,17,20). The minimum atomic E-state index is -0.278. The van der Waals surface area contributed by atoms with Gasteiger partial charge in [-0.3, -0.25) is 0 Å². The fourth-order valence-corrected chi connectivity index (χ4v) is 3.12. The normalized spacial score (nSPS) is 24.2. The van der Waals surface area contributed by atoms with Crippen molar-refractivity contribution in [3.63, 3.8) is 0 Å². The zero-order valence-corrected chi connectivity index (χ0v) is 13.9. The van der Waals surface area contributed by atoms with E-state index in [9.17, 15) is 4.79 Å². The summed E-state index contributed by atoms with van der Waals surface area (Å²) >= 11 is 0. The number of hydrogen-bond acceptors (Lipinski definition) is 2. The Morgan fingerprint density at radius 3 is 2.50 bits per heavy atom. The summed E-state index contributed by atoms with van der Waals surface area (Å²) in [5.41, 5.74) is 5.79. The number of piperidine rings is 1. The largest absolute Gasteiger partial charge is 0.351 e. The Morgan fingerprint density at radius 1 is 1.35 bits per heavy atom. The first-order chi connectivity index (χ1) is 9.17. The highest BCUT2D eigenvalue weighted by molar-refractivity contribution is 5.72. The summed E-state index contributed by atoms with van der Waals surface area (Å²) in [4.78, 5) is 13.3. The Morgan fingerprint density at radius 2 is 2.00 bits per heavy atom. The molecule has 0 aromatic heterocycles. The molecule has 20 heavy (non-hydrogen) atoms. The molecule has 0 radical (unpaired) electrons. The lowest BCUT2D eigenvalue weighted by atomic mass is 9.80. The fourth-order valence-electron chi connectivity index (χ4n) is 3.12. The maximum atomic E-state index is 11.5. The number of nitrogens with one attached hydrogen (secondary N) is 1. The Bertz CT molecular complexity index is 309. The second-order valence-electron chi connectivity index (χ2n) is 7.94. The van der Waals surface area contributed by atoms with Crippen molar-refractivity contribution in [3.05, 3.63) is 0 Å². The molecule has 0 bridgehead atoms. The molecule has 1 saturated heterocycles. The first-order valence-corrected chi connectivity index (χ1v) is 7.95. The Labute approximate surface area is 124 Å². The molecule has 4 heteroatoms. The lowest BCUT2D eigenvalue weighted by Gasteiger charge is -2.39. The number of carbonyl (C=O) groups excluding carboxylic acids is 1. The average molecular weight is 283 g/mol. The monoisotopic (exact) mass is 283 g/mol. The van der Waals surface area contributed by atoms with Gasteiger partial charge in [-0.25, -0.2) is 4.79 Å². The van der Waals surface area contributed by atoms with Crippen LogP contribution in [0.3, 0.4) is 0 Å². The topological polar surface area (TPSA) is 58.4 Å². The van der Waals surface area contributed by atoms with Crippen LogP contribution < -0.4 is 11.1 Å². The molecule has 3 N–H and O–H groups in total. The Hall–Kier alpha value is -0.770. The third kappa shape index (κ3) is 6.60. The highest BCUT2D eigenvalue weighted by Gasteiger charge is 2.31. The molecule has 0 saturated carbocycles. The predicted molar refractivity (Wildman–Crippen MR) is 84.6 cm³/mol. The van der Waals surface area contributed by atoms with Gasteiger partial charge in [-0.1, -0.05) is 34.6 Å². The third-order valence-corrected chi connectivity index (χ3v) is 3.90. The quantitative estimate of drug-likeness (QED) is 0.815. The van der Waals surface area contributed by atoms with Crippen LogP contribution in [-0.4, -0.2) is 36.6 Å². The van der Waals surface area contributed by atoms with Crippen LogP contribution >= 0.6 is 0 Å². The van der Waals surface area contributed by atoms with E-state index in [-0.39, 0.29) is 6.03 Å². The summed E-state index contributed by atoms with van der Waals surface area (Å²) in [6, 6.07) is 0.113. The second-order valence-corrected chi connectivity index (χ2v) is 7.94. The number of nitrogens with zero attached hydrogens (tertiary/aromatic N) is 1. The van der Waals surface area contributed by atoms with E-state index in [0.29, 0.717) is 23.3 Å². The number of likely N-dealkylation sites (tertiary alicyclic amines) is 1. The molecular formula is C16H33N3O. The van der Waals surface area contributed by atoms with Crippen molar-refractivity contribution in [2.45, 2.75) is 59.9 Å². The van der Waals surface area contributed by atoms with Gasteiger partial charge in [-0.15, -0.1) is 0 Å². The van der Waals surface area contributed by atoms with Crippen LogP contribution in [0, 0.1) is 17.3 Å². The van der Waals surface area contributed by atoms with Gasteiger partial charge >= 0.3 is 6.03 Å². The summed E-state index contributed by atoms with van der Waals surface area (Å²) in [6.07, 6.45) is 3.47. The number of hydrogen-bond donors (Lipinski definition) is 2. The van der Waals surface area contributed by atoms with Crippen molar-refractivity contribution < 1.29 is 4.79 Å². The second kappa shape index (κ2) is 7.30. The van der Waals surface area contributed by atoms with Gasteiger partial charge in [0.05, 0.1) is 0 Å². The van der Waals surface area contributed by atoms with Crippen LogP contribution in [0.15, 0.2) is 0 Å². The molecule has 1 heterocycles. The van der Waals surface area contributed by atoms with Gasteiger partial charge in [0.1, 0.15) is 0 Å². The van der Waals surface area contributed by atoms with Gasteiger partial charge in [0, 0.05) is 19.1 Å². The molecule has 1 aliphatic rings. The summed E-state index contributed by atoms with van der Waals surface area (Å²) in [5.74, 6) is 1.26. The van der Waals surface area contributed by atoms with E-state index in [2.05, 4.69) is 39.9 Å². The summed E-state index contributed by atoms with van der Waals surface area (Å²) < 4.78 is 0. The van der Waals surface area contributed by atoms with Gasteiger partial charge in [-0.2, -0.15) is 0 Å². The molecule has 1 fully saturated rings. The van der Waals surface area contributed by atoms with Crippen molar-refractivity contribution in [1.29, 1.82) is 0 Å². The summed E-state index contributed by atoms with van der Waals surface area (Å²) in [5, 5.41) is 3.60. The molecule has 4 nitrogen and oxygen atoms in total. The molecule has 1 aliphatic heterocycles. The van der Waals surface area contributed by atoms with E-state index in [1.54, 1.807) is 0 Å². The van der Waals surface area contributed by atoms with Crippen molar-refractivity contribution in [2.75, 3.05) is 19.6 Å². The molecule has 0 spiro atoms. The first-order valence-electron chi connectivity index (χ1n) is 7.95. The zero-order chi connectivity index (χ0) is 15.3. The van der Waals surface area contributed by atoms with Crippen LogP contribution in [0.2, 0.25) is 0 Å². The van der Waals surface area contributed by atoms with Gasteiger partial charge < -0.3 is 16.0 Å². The molecule has 2 atom stereocenters. The van der Waals surface area contributed by atoms with Crippen LogP contribution in [0.4, 0.5) is 4.79 Å². The van der Waals surface area contributed by atoms with Crippen LogP contribution in [0.1, 0.15) is 53.9 Å². The molecule has 0 aromatic carbocycles. The minimum absolute atomic E-state index is 0.278. The van der Waals surface area contributed by atoms with E-state index in [1.165, 1.54) is 6.42 Å². The van der Waals surface area contributed by atoms with Crippen molar-refractivity contribution in [2.24, 2.45) is 23.0 Å². The lowest BCUT2D eigenvalue weighted by Crippen LogP contribution is -2.53.